The standard InChI is InChI=1S/C18H22N4/c1-3-4-5-15-7-9-16(10-8-15)19-13-22-18-11-6-14(2)12-17(18)20-21-22/h6-12,19H,3-5,13H2,1-2H3. The van der Waals surface area contributed by atoms with E-state index < -0.39 is 0 Å². The quantitative estimate of drug-likeness (QED) is 0.742. The summed E-state index contributed by atoms with van der Waals surface area (Å²) in [6.45, 7) is 4.91. The van der Waals surface area contributed by atoms with E-state index >= 15 is 0 Å². The van der Waals surface area contributed by atoms with Crippen LogP contribution in [0.1, 0.15) is 30.9 Å². The molecule has 2 aromatic carbocycles. The molecule has 3 rings (SSSR count). The number of rotatable bonds is 6. The number of benzene rings is 2. The van der Waals surface area contributed by atoms with Crippen LogP contribution < -0.4 is 5.32 Å². The zero-order valence-electron chi connectivity index (χ0n) is 13.2. The molecule has 0 bridgehead atoms. The van der Waals surface area contributed by atoms with Crippen LogP contribution in [-0.4, -0.2) is 15.0 Å². The van der Waals surface area contributed by atoms with E-state index in [1.807, 2.05) is 4.68 Å². The minimum absolute atomic E-state index is 0.619. The van der Waals surface area contributed by atoms with Gasteiger partial charge in [-0.25, -0.2) is 4.68 Å². The van der Waals surface area contributed by atoms with Crippen LogP contribution in [0.15, 0.2) is 42.5 Å². The summed E-state index contributed by atoms with van der Waals surface area (Å²) in [6, 6.07) is 14.9. The third-order valence-corrected chi connectivity index (χ3v) is 3.88. The Morgan fingerprint density at radius 3 is 2.68 bits per heavy atom. The predicted molar refractivity (Wildman–Crippen MR) is 90.9 cm³/mol. The number of fused-ring (bicyclic) bond motifs is 1. The van der Waals surface area contributed by atoms with Crippen molar-refractivity contribution >= 4 is 16.7 Å². The molecule has 0 saturated carbocycles. The van der Waals surface area contributed by atoms with Crippen molar-refractivity contribution in [1.29, 1.82) is 0 Å². The van der Waals surface area contributed by atoms with Gasteiger partial charge in [0.1, 0.15) is 12.2 Å². The third kappa shape index (κ3) is 3.27. The summed E-state index contributed by atoms with van der Waals surface area (Å²) in [4.78, 5) is 0. The van der Waals surface area contributed by atoms with Gasteiger partial charge >= 0.3 is 0 Å². The van der Waals surface area contributed by atoms with E-state index in [-0.39, 0.29) is 0 Å². The van der Waals surface area contributed by atoms with Gasteiger partial charge in [-0.15, -0.1) is 5.10 Å². The summed E-state index contributed by atoms with van der Waals surface area (Å²) >= 11 is 0. The second kappa shape index (κ2) is 6.60. The van der Waals surface area contributed by atoms with Gasteiger partial charge in [0.2, 0.25) is 0 Å². The fourth-order valence-electron chi connectivity index (χ4n) is 2.54. The number of hydrogen-bond donors (Lipinski definition) is 1. The zero-order valence-corrected chi connectivity index (χ0v) is 13.2. The topological polar surface area (TPSA) is 42.7 Å². The Kier molecular flexibility index (Phi) is 4.37. The Bertz CT molecular complexity index is 743. The average Bonchev–Trinajstić information content (AvgIpc) is 2.94. The fourth-order valence-corrected chi connectivity index (χ4v) is 2.54. The zero-order chi connectivity index (χ0) is 15.4. The molecule has 1 N–H and O–H groups in total. The minimum atomic E-state index is 0.619. The molecule has 114 valence electrons. The Balaban J connectivity index is 1.66. The van der Waals surface area contributed by atoms with Crippen LogP contribution in [0.2, 0.25) is 0 Å². The number of aryl methyl sites for hydroxylation is 2. The third-order valence-electron chi connectivity index (χ3n) is 3.88. The molecule has 1 heterocycles. The molecular weight excluding hydrogens is 272 g/mol. The van der Waals surface area contributed by atoms with Crippen molar-refractivity contribution < 1.29 is 0 Å². The predicted octanol–water partition coefficient (Wildman–Crippen LogP) is 4.15. The first-order valence-electron chi connectivity index (χ1n) is 7.89. The van der Waals surface area contributed by atoms with E-state index in [4.69, 9.17) is 0 Å². The van der Waals surface area contributed by atoms with Crippen molar-refractivity contribution in [2.45, 2.75) is 39.8 Å². The van der Waals surface area contributed by atoms with Crippen molar-refractivity contribution in [3.05, 3.63) is 53.6 Å². The number of nitrogens with zero attached hydrogens (tertiary/aromatic N) is 3. The lowest BCUT2D eigenvalue weighted by Crippen LogP contribution is -2.09. The van der Waals surface area contributed by atoms with Crippen molar-refractivity contribution in [2.24, 2.45) is 0 Å². The summed E-state index contributed by atoms with van der Waals surface area (Å²) in [5, 5.41) is 11.8. The largest absolute Gasteiger partial charge is 0.366 e. The van der Waals surface area contributed by atoms with Crippen molar-refractivity contribution in [3.63, 3.8) is 0 Å². The first kappa shape index (κ1) is 14.6. The molecule has 0 amide bonds. The molecule has 4 nitrogen and oxygen atoms in total. The first-order chi connectivity index (χ1) is 10.8. The SMILES string of the molecule is CCCCc1ccc(NCn2nnc3cc(C)ccc32)cc1. The van der Waals surface area contributed by atoms with Crippen LogP contribution in [0.25, 0.3) is 11.0 Å². The van der Waals surface area contributed by atoms with Gasteiger partial charge in [-0.05, 0) is 55.2 Å². The molecule has 1 aromatic heterocycles. The van der Waals surface area contributed by atoms with E-state index in [1.54, 1.807) is 0 Å². The van der Waals surface area contributed by atoms with Gasteiger partial charge in [0, 0.05) is 5.69 Å². The second-order valence-electron chi connectivity index (χ2n) is 5.72. The molecule has 0 aliphatic carbocycles. The first-order valence-corrected chi connectivity index (χ1v) is 7.89. The van der Waals surface area contributed by atoms with Crippen LogP contribution in [-0.2, 0) is 13.1 Å². The van der Waals surface area contributed by atoms with Gasteiger partial charge in [-0.1, -0.05) is 36.8 Å². The maximum absolute atomic E-state index is 4.21. The molecule has 4 heteroatoms. The highest BCUT2D eigenvalue weighted by molar-refractivity contribution is 5.75. The Labute approximate surface area is 131 Å². The van der Waals surface area contributed by atoms with Gasteiger partial charge in [0.25, 0.3) is 0 Å². The van der Waals surface area contributed by atoms with Crippen molar-refractivity contribution in [3.8, 4) is 0 Å². The fraction of sp³-hybridized carbons (Fsp3) is 0.333. The average molecular weight is 294 g/mol. The number of anilines is 1. The summed E-state index contributed by atoms with van der Waals surface area (Å²) in [5.74, 6) is 0. The highest BCUT2D eigenvalue weighted by atomic mass is 15.4. The Morgan fingerprint density at radius 1 is 1.09 bits per heavy atom. The molecule has 0 aliphatic heterocycles. The molecule has 0 radical (unpaired) electrons. The lowest BCUT2D eigenvalue weighted by Gasteiger charge is -2.08. The van der Waals surface area contributed by atoms with E-state index in [0.29, 0.717) is 6.67 Å². The summed E-state index contributed by atoms with van der Waals surface area (Å²) in [5.41, 5.74) is 5.70. The summed E-state index contributed by atoms with van der Waals surface area (Å²) < 4.78 is 1.89. The Hall–Kier alpha value is -2.36. The number of unbranched alkanes of at least 4 members (excludes halogenated alkanes) is 1. The van der Waals surface area contributed by atoms with Gasteiger partial charge < -0.3 is 5.32 Å². The molecular formula is C18H22N4. The van der Waals surface area contributed by atoms with Gasteiger partial charge in [-0.3, -0.25) is 0 Å². The van der Waals surface area contributed by atoms with Crippen molar-refractivity contribution in [2.75, 3.05) is 5.32 Å². The van der Waals surface area contributed by atoms with Crippen LogP contribution in [0.5, 0.6) is 0 Å². The van der Waals surface area contributed by atoms with Crippen molar-refractivity contribution in [1.82, 2.24) is 15.0 Å². The van der Waals surface area contributed by atoms with E-state index in [1.165, 1.54) is 24.0 Å². The van der Waals surface area contributed by atoms with Crippen LogP contribution in [0.4, 0.5) is 5.69 Å². The monoisotopic (exact) mass is 294 g/mol. The summed E-state index contributed by atoms with van der Waals surface area (Å²) in [7, 11) is 0. The molecule has 22 heavy (non-hydrogen) atoms. The molecule has 0 unspecified atom stereocenters. The van der Waals surface area contributed by atoms with E-state index in [2.05, 4.69) is 71.9 Å². The normalized spacial score (nSPS) is 11.0. The number of hydrogen-bond acceptors (Lipinski definition) is 3. The number of aromatic nitrogens is 3. The maximum Gasteiger partial charge on any atom is 0.113 e. The highest BCUT2D eigenvalue weighted by Gasteiger charge is 2.04. The molecule has 0 aliphatic rings. The summed E-state index contributed by atoms with van der Waals surface area (Å²) in [6.07, 6.45) is 3.64. The smallest absolute Gasteiger partial charge is 0.113 e. The maximum atomic E-state index is 4.21. The molecule has 0 saturated heterocycles. The number of nitrogens with one attached hydrogen (secondary N) is 1. The molecule has 0 spiro atoms. The van der Waals surface area contributed by atoms with E-state index in [0.717, 1.165) is 23.1 Å². The molecule has 0 fully saturated rings. The van der Waals surface area contributed by atoms with Crippen LogP contribution in [0, 0.1) is 6.92 Å². The minimum Gasteiger partial charge on any atom is -0.366 e. The van der Waals surface area contributed by atoms with E-state index in [9.17, 15) is 0 Å². The van der Waals surface area contributed by atoms with Crippen LogP contribution in [0.3, 0.4) is 0 Å². The Morgan fingerprint density at radius 2 is 1.91 bits per heavy atom. The molecule has 0 atom stereocenters. The lowest BCUT2D eigenvalue weighted by molar-refractivity contribution is 0.655. The lowest BCUT2D eigenvalue weighted by atomic mass is 10.1. The van der Waals surface area contributed by atoms with Gasteiger partial charge in [-0.2, -0.15) is 0 Å². The van der Waals surface area contributed by atoms with Gasteiger partial charge in [0.15, 0.2) is 0 Å². The highest BCUT2D eigenvalue weighted by Crippen LogP contribution is 2.15. The van der Waals surface area contributed by atoms with Gasteiger partial charge in [0.05, 0.1) is 5.52 Å². The van der Waals surface area contributed by atoms with Crippen LogP contribution >= 0.6 is 0 Å². The molecule has 3 aromatic rings. The second-order valence-corrected chi connectivity index (χ2v) is 5.72.